The second-order valence-corrected chi connectivity index (χ2v) is 4.49. The highest BCUT2D eigenvalue weighted by molar-refractivity contribution is 9.10. The van der Waals surface area contributed by atoms with Crippen LogP contribution >= 0.6 is 15.9 Å². The fraction of sp³-hybridized carbons (Fsp3) is 0.231. The van der Waals surface area contributed by atoms with Gasteiger partial charge in [-0.05, 0) is 24.6 Å². The van der Waals surface area contributed by atoms with E-state index in [1.807, 2.05) is 0 Å². The van der Waals surface area contributed by atoms with Crippen molar-refractivity contribution < 1.29 is 9.90 Å². The van der Waals surface area contributed by atoms with Gasteiger partial charge in [0.05, 0.1) is 11.3 Å². The van der Waals surface area contributed by atoms with Gasteiger partial charge in [0.25, 0.3) is 0 Å². The smallest absolute Gasteiger partial charge is 0.331 e. The Morgan fingerprint density at radius 3 is 2.89 bits per heavy atom. The van der Waals surface area contributed by atoms with Crippen molar-refractivity contribution in [3.05, 3.63) is 39.9 Å². The van der Waals surface area contributed by atoms with Crippen LogP contribution in [0.2, 0.25) is 0 Å². The zero-order valence-electron chi connectivity index (χ0n) is 9.90. The molecule has 0 atom stereocenters. The zero-order valence-corrected chi connectivity index (χ0v) is 11.5. The van der Waals surface area contributed by atoms with Gasteiger partial charge in [-0.2, -0.15) is 5.26 Å². The second kappa shape index (κ2) is 6.82. The molecule has 0 fully saturated rings. The monoisotopic (exact) mass is 308 g/mol. The molecule has 94 valence electrons. The molecule has 0 aliphatic heterocycles. The molecule has 0 saturated heterocycles. The summed E-state index contributed by atoms with van der Waals surface area (Å²) in [7, 11) is 0. The van der Waals surface area contributed by atoms with Crippen LogP contribution in [0.25, 0.3) is 0 Å². The van der Waals surface area contributed by atoms with Crippen molar-refractivity contribution in [2.75, 3.05) is 11.9 Å². The number of nitriles is 1. The van der Waals surface area contributed by atoms with Crippen molar-refractivity contribution in [3.8, 4) is 6.07 Å². The highest BCUT2D eigenvalue weighted by atomic mass is 79.9. The number of benzene rings is 1. The van der Waals surface area contributed by atoms with Crippen LogP contribution < -0.4 is 5.32 Å². The third-order valence-corrected chi connectivity index (χ3v) is 2.89. The molecule has 4 nitrogen and oxygen atoms in total. The first-order valence-corrected chi connectivity index (χ1v) is 6.23. The van der Waals surface area contributed by atoms with Gasteiger partial charge in [-0.3, -0.25) is 0 Å². The van der Waals surface area contributed by atoms with Crippen molar-refractivity contribution in [2.24, 2.45) is 0 Å². The van der Waals surface area contributed by atoms with Gasteiger partial charge in [0.15, 0.2) is 0 Å². The maximum atomic E-state index is 10.8. The van der Waals surface area contributed by atoms with E-state index in [1.165, 1.54) is 0 Å². The minimum Gasteiger partial charge on any atom is -0.478 e. The van der Waals surface area contributed by atoms with Crippen molar-refractivity contribution in [3.63, 3.8) is 0 Å². The topological polar surface area (TPSA) is 73.1 Å². The minimum absolute atomic E-state index is 0.357. The number of hydrogen-bond donors (Lipinski definition) is 2. The molecule has 0 bridgehead atoms. The van der Waals surface area contributed by atoms with Gasteiger partial charge in [0.1, 0.15) is 6.07 Å². The van der Waals surface area contributed by atoms with Crippen molar-refractivity contribution in [1.82, 2.24) is 0 Å². The Hall–Kier alpha value is -1.80. The molecule has 0 heterocycles. The first-order chi connectivity index (χ1) is 8.58. The van der Waals surface area contributed by atoms with Crippen molar-refractivity contribution in [2.45, 2.75) is 13.3 Å². The molecule has 0 unspecified atom stereocenters. The lowest BCUT2D eigenvalue weighted by Gasteiger charge is -2.07. The molecule has 0 aliphatic rings. The standard InChI is InChI=1S/C13H13BrN2O2/c1-2-9(13(17)18)5-6-16-12-7-11(14)4-3-10(12)8-15/h3-5,7,16H,2,6H2,1H3,(H,17,18)/b9-5-. The maximum absolute atomic E-state index is 10.8. The molecule has 18 heavy (non-hydrogen) atoms. The van der Waals surface area contributed by atoms with Crippen LogP contribution in [-0.2, 0) is 4.79 Å². The Bertz CT molecular complexity index is 518. The van der Waals surface area contributed by atoms with E-state index in [0.717, 1.165) is 4.47 Å². The number of halogens is 1. The lowest BCUT2D eigenvalue weighted by Crippen LogP contribution is -2.05. The molecular weight excluding hydrogens is 296 g/mol. The van der Waals surface area contributed by atoms with Gasteiger partial charge in [0, 0.05) is 16.6 Å². The highest BCUT2D eigenvalue weighted by Gasteiger charge is 2.04. The normalized spacial score (nSPS) is 10.8. The molecule has 1 aromatic rings. The number of nitrogens with zero attached hydrogens (tertiary/aromatic N) is 1. The van der Waals surface area contributed by atoms with Crippen molar-refractivity contribution in [1.29, 1.82) is 5.26 Å². The van der Waals surface area contributed by atoms with E-state index in [4.69, 9.17) is 10.4 Å². The van der Waals surface area contributed by atoms with Gasteiger partial charge in [0.2, 0.25) is 0 Å². The Kier molecular flexibility index (Phi) is 5.40. The van der Waals surface area contributed by atoms with E-state index in [9.17, 15) is 4.79 Å². The summed E-state index contributed by atoms with van der Waals surface area (Å²) in [5.74, 6) is -0.908. The Morgan fingerprint density at radius 1 is 1.61 bits per heavy atom. The molecule has 1 rings (SSSR count). The number of aliphatic carboxylic acids is 1. The maximum Gasteiger partial charge on any atom is 0.331 e. The molecule has 0 aliphatic carbocycles. The van der Waals surface area contributed by atoms with Crippen LogP contribution in [0.3, 0.4) is 0 Å². The predicted octanol–water partition coefficient (Wildman–Crippen LogP) is 3.15. The minimum atomic E-state index is -0.908. The molecule has 0 spiro atoms. The third kappa shape index (κ3) is 3.90. The molecule has 2 N–H and O–H groups in total. The summed E-state index contributed by atoms with van der Waals surface area (Å²) < 4.78 is 0.863. The van der Waals surface area contributed by atoms with Gasteiger partial charge >= 0.3 is 5.97 Å². The predicted molar refractivity (Wildman–Crippen MR) is 73.4 cm³/mol. The van der Waals surface area contributed by atoms with Gasteiger partial charge in [-0.25, -0.2) is 4.79 Å². The highest BCUT2D eigenvalue weighted by Crippen LogP contribution is 2.20. The Morgan fingerprint density at radius 2 is 2.33 bits per heavy atom. The summed E-state index contributed by atoms with van der Waals surface area (Å²) >= 11 is 3.32. The molecule has 1 aromatic carbocycles. The second-order valence-electron chi connectivity index (χ2n) is 3.57. The van der Waals surface area contributed by atoms with Crippen molar-refractivity contribution >= 4 is 27.6 Å². The van der Waals surface area contributed by atoms with E-state index in [-0.39, 0.29) is 0 Å². The summed E-state index contributed by atoms with van der Waals surface area (Å²) in [6, 6.07) is 7.36. The molecule has 0 saturated carbocycles. The molecule has 5 heteroatoms. The van der Waals surface area contributed by atoms with Crippen LogP contribution in [-0.4, -0.2) is 17.6 Å². The lowest BCUT2D eigenvalue weighted by molar-refractivity contribution is -0.132. The number of nitrogens with one attached hydrogen (secondary N) is 1. The summed E-state index contributed by atoms with van der Waals surface area (Å²) in [5.41, 5.74) is 1.57. The third-order valence-electron chi connectivity index (χ3n) is 2.40. The van der Waals surface area contributed by atoms with Gasteiger partial charge in [-0.15, -0.1) is 0 Å². The average molecular weight is 309 g/mol. The zero-order chi connectivity index (χ0) is 13.5. The van der Waals surface area contributed by atoms with E-state index < -0.39 is 5.97 Å². The lowest BCUT2D eigenvalue weighted by atomic mass is 10.2. The van der Waals surface area contributed by atoms with Crippen LogP contribution in [0, 0.1) is 11.3 Å². The van der Waals surface area contributed by atoms with Crippen LogP contribution in [0.15, 0.2) is 34.3 Å². The Balaban J connectivity index is 2.78. The first-order valence-electron chi connectivity index (χ1n) is 5.44. The first kappa shape index (κ1) is 14.3. The van der Waals surface area contributed by atoms with E-state index in [0.29, 0.717) is 29.8 Å². The molecular formula is C13H13BrN2O2. The quantitative estimate of drug-likeness (QED) is 0.820. The van der Waals surface area contributed by atoms with E-state index in [2.05, 4.69) is 27.3 Å². The largest absolute Gasteiger partial charge is 0.478 e. The van der Waals surface area contributed by atoms with Gasteiger partial charge in [-0.1, -0.05) is 28.9 Å². The van der Waals surface area contributed by atoms with Crippen LogP contribution in [0.5, 0.6) is 0 Å². The average Bonchev–Trinajstić information content (AvgIpc) is 2.34. The SMILES string of the molecule is CC/C(=C/CNc1cc(Br)ccc1C#N)C(=O)O. The molecule has 0 aromatic heterocycles. The summed E-state index contributed by atoms with van der Waals surface area (Å²) in [6.07, 6.45) is 2.09. The summed E-state index contributed by atoms with van der Waals surface area (Å²) in [6.45, 7) is 2.17. The van der Waals surface area contributed by atoms with Crippen LogP contribution in [0.1, 0.15) is 18.9 Å². The number of carbonyl (C=O) groups is 1. The summed E-state index contributed by atoms with van der Waals surface area (Å²) in [4.78, 5) is 10.8. The number of anilines is 1. The fourth-order valence-electron chi connectivity index (χ4n) is 1.43. The number of rotatable bonds is 5. The molecule has 0 amide bonds. The summed E-state index contributed by atoms with van der Waals surface area (Å²) in [5, 5.41) is 20.8. The van der Waals surface area contributed by atoms with Crippen LogP contribution in [0.4, 0.5) is 5.69 Å². The number of carboxylic acids is 1. The van der Waals surface area contributed by atoms with Gasteiger partial charge < -0.3 is 10.4 Å². The number of carboxylic acid groups (broad SMARTS) is 1. The Labute approximate surface area is 114 Å². The molecule has 0 radical (unpaired) electrons. The van der Waals surface area contributed by atoms with E-state index >= 15 is 0 Å². The van der Waals surface area contributed by atoms with E-state index in [1.54, 1.807) is 31.2 Å². The number of hydrogen-bond acceptors (Lipinski definition) is 3. The fourth-order valence-corrected chi connectivity index (χ4v) is 1.79.